The van der Waals surface area contributed by atoms with Gasteiger partial charge in [0.2, 0.25) is 0 Å². The predicted octanol–water partition coefficient (Wildman–Crippen LogP) is 3.15. The summed E-state index contributed by atoms with van der Waals surface area (Å²) in [4.78, 5) is 10.1. The molecule has 4 nitrogen and oxygen atoms in total. The fraction of sp³-hybridized carbons (Fsp3) is 0. The Morgan fingerprint density at radius 2 is 2.14 bits per heavy atom. The van der Waals surface area contributed by atoms with Crippen LogP contribution in [0.15, 0.2) is 22.7 Å². The molecule has 14 heavy (non-hydrogen) atoms. The van der Waals surface area contributed by atoms with Crippen molar-refractivity contribution < 1.29 is 4.92 Å². The van der Waals surface area contributed by atoms with Crippen molar-refractivity contribution in [3.05, 3.63) is 32.8 Å². The fourth-order valence-corrected chi connectivity index (χ4v) is 2.42. The number of hydrogen-bond acceptors (Lipinski definition) is 4. The Kier molecular flexibility index (Phi) is 2.16. The average Bonchev–Trinajstić information content (AvgIpc) is 2.48. The van der Waals surface area contributed by atoms with Crippen LogP contribution in [0.2, 0.25) is 0 Å². The first-order valence-electron chi connectivity index (χ1n) is 3.71. The van der Waals surface area contributed by atoms with Crippen LogP contribution in [0.4, 0.5) is 10.7 Å². The van der Waals surface area contributed by atoms with Gasteiger partial charge in [-0.1, -0.05) is 11.3 Å². The Morgan fingerprint density at radius 3 is 2.79 bits per heavy atom. The van der Waals surface area contributed by atoms with Gasteiger partial charge in [-0.25, -0.2) is 0 Å². The Bertz CT molecular complexity index is 484. The number of anilines is 1. The zero-order chi connectivity index (χ0) is 10.3. The molecule has 2 N–H and O–H groups in total. The highest BCUT2D eigenvalue weighted by Crippen LogP contribution is 2.35. The molecular formula is C8H5BrN2O2S. The summed E-state index contributed by atoms with van der Waals surface area (Å²) in [6.07, 6.45) is 0. The van der Waals surface area contributed by atoms with Gasteiger partial charge in [0.25, 0.3) is 0 Å². The van der Waals surface area contributed by atoms with Crippen LogP contribution in [-0.2, 0) is 0 Å². The molecule has 0 aliphatic rings. The minimum Gasteiger partial charge on any atom is -0.398 e. The van der Waals surface area contributed by atoms with Gasteiger partial charge in [-0.2, -0.15) is 0 Å². The molecule has 0 spiro atoms. The molecule has 1 aromatic carbocycles. The second kappa shape index (κ2) is 3.21. The molecule has 0 atom stereocenters. The second-order valence-electron chi connectivity index (χ2n) is 2.75. The first kappa shape index (κ1) is 9.42. The number of nitrogens with zero attached hydrogens (tertiary/aromatic N) is 1. The van der Waals surface area contributed by atoms with E-state index in [2.05, 4.69) is 15.9 Å². The van der Waals surface area contributed by atoms with E-state index < -0.39 is 4.92 Å². The van der Waals surface area contributed by atoms with Crippen LogP contribution in [0.1, 0.15) is 0 Å². The molecule has 0 radical (unpaired) electrons. The monoisotopic (exact) mass is 272 g/mol. The number of nitrogens with two attached hydrogens (primary N) is 1. The molecule has 2 rings (SSSR count). The molecule has 0 bridgehead atoms. The molecule has 0 unspecified atom stereocenters. The third kappa shape index (κ3) is 1.46. The van der Waals surface area contributed by atoms with Crippen molar-refractivity contribution >= 4 is 48.0 Å². The van der Waals surface area contributed by atoms with Gasteiger partial charge >= 0.3 is 5.00 Å². The molecule has 0 fully saturated rings. The van der Waals surface area contributed by atoms with Gasteiger partial charge in [0.05, 0.1) is 4.92 Å². The van der Waals surface area contributed by atoms with Crippen LogP contribution in [-0.4, -0.2) is 4.92 Å². The summed E-state index contributed by atoms with van der Waals surface area (Å²) in [7, 11) is 0. The minimum atomic E-state index is -0.394. The van der Waals surface area contributed by atoms with E-state index in [-0.39, 0.29) is 5.00 Å². The minimum absolute atomic E-state index is 0.137. The number of halogens is 1. The van der Waals surface area contributed by atoms with E-state index in [1.165, 1.54) is 0 Å². The van der Waals surface area contributed by atoms with Crippen LogP contribution in [0.25, 0.3) is 10.1 Å². The van der Waals surface area contributed by atoms with Gasteiger partial charge in [-0.3, -0.25) is 10.1 Å². The van der Waals surface area contributed by atoms with Crippen molar-refractivity contribution in [3.8, 4) is 0 Å². The van der Waals surface area contributed by atoms with Crippen LogP contribution in [0.3, 0.4) is 0 Å². The van der Waals surface area contributed by atoms with Crippen LogP contribution in [0.5, 0.6) is 0 Å². The summed E-state index contributed by atoms with van der Waals surface area (Å²) in [5.41, 5.74) is 6.25. The lowest BCUT2D eigenvalue weighted by Gasteiger charge is -1.95. The normalized spacial score (nSPS) is 10.6. The van der Waals surface area contributed by atoms with Crippen LogP contribution >= 0.6 is 27.3 Å². The first-order chi connectivity index (χ1) is 6.58. The Balaban J connectivity index is 2.72. The van der Waals surface area contributed by atoms with E-state index in [1.54, 1.807) is 18.2 Å². The maximum atomic E-state index is 10.5. The van der Waals surface area contributed by atoms with Crippen molar-refractivity contribution in [2.24, 2.45) is 0 Å². The van der Waals surface area contributed by atoms with Gasteiger partial charge in [-0.05, 0) is 28.1 Å². The number of nitrogen functional groups attached to an aromatic ring is 1. The van der Waals surface area contributed by atoms with Gasteiger partial charge in [-0.15, -0.1) is 0 Å². The quantitative estimate of drug-likeness (QED) is 0.493. The summed E-state index contributed by atoms with van der Waals surface area (Å²) in [6, 6.07) is 5.06. The molecule has 6 heteroatoms. The van der Waals surface area contributed by atoms with Crippen molar-refractivity contribution in [2.75, 3.05) is 5.73 Å². The van der Waals surface area contributed by atoms with E-state index in [0.29, 0.717) is 5.69 Å². The largest absolute Gasteiger partial charge is 0.398 e. The van der Waals surface area contributed by atoms with Gasteiger partial charge < -0.3 is 5.73 Å². The highest BCUT2D eigenvalue weighted by atomic mass is 79.9. The van der Waals surface area contributed by atoms with Crippen LogP contribution in [0, 0.1) is 10.1 Å². The summed E-state index contributed by atoms with van der Waals surface area (Å²) in [6.45, 7) is 0. The molecule has 2 aromatic rings. The number of nitro groups is 1. The van der Waals surface area contributed by atoms with Gasteiger partial charge in [0, 0.05) is 26.3 Å². The highest BCUT2D eigenvalue weighted by molar-refractivity contribution is 9.10. The number of benzene rings is 1. The van der Waals surface area contributed by atoms with Crippen molar-refractivity contribution in [1.82, 2.24) is 0 Å². The lowest BCUT2D eigenvalue weighted by atomic mass is 10.2. The van der Waals surface area contributed by atoms with E-state index in [9.17, 15) is 10.1 Å². The molecule has 0 saturated heterocycles. The predicted molar refractivity (Wildman–Crippen MR) is 60.6 cm³/mol. The molecular weight excluding hydrogens is 268 g/mol. The molecule has 0 amide bonds. The number of fused-ring (bicyclic) bond motifs is 1. The van der Waals surface area contributed by atoms with Gasteiger partial charge in [0.15, 0.2) is 0 Å². The third-order valence-electron chi connectivity index (χ3n) is 1.80. The Morgan fingerprint density at radius 1 is 1.43 bits per heavy atom. The lowest BCUT2D eigenvalue weighted by Crippen LogP contribution is -1.84. The van der Waals surface area contributed by atoms with Crippen molar-refractivity contribution in [2.45, 2.75) is 0 Å². The SMILES string of the molecule is Nc1cc2sc([N+](=O)[O-])cc2cc1Br. The number of rotatable bonds is 1. The van der Waals surface area contributed by atoms with E-state index >= 15 is 0 Å². The molecule has 0 saturated carbocycles. The summed E-state index contributed by atoms with van der Waals surface area (Å²) < 4.78 is 1.59. The number of hydrogen-bond donors (Lipinski definition) is 1. The maximum Gasteiger partial charge on any atom is 0.325 e. The topological polar surface area (TPSA) is 69.2 Å². The zero-order valence-corrected chi connectivity index (χ0v) is 9.26. The molecule has 0 aliphatic carbocycles. The van der Waals surface area contributed by atoms with E-state index in [4.69, 9.17) is 5.73 Å². The van der Waals surface area contributed by atoms with Crippen molar-refractivity contribution in [3.63, 3.8) is 0 Å². The van der Waals surface area contributed by atoms with E-state index in [1.807, 2.05) is 0 Å². The fourth-order valence-electron chi connectivity index (χ4n) is 1.15. The number of thiophene rings is 1. The van der Waals surface area contributed by atoms with E-state index in [0.717, 1.165) is 25.9 Å². The Hall–Kier alpha value is -1.14. The average molecular weight is 273 g/mol. The van der Waals surface area contributed by atoms with Crippen molar-refractivity contribution in [1.29, 1.82) is 0 Å². The summed E-state index contributed by atoms with van der Waals surface area (Å²) >= 11 is 4.40. The highest BCUT2D eigenvalue weighted by Gasteiger charge is 2.12. The molecule has 72 valence electrons. The first-order valence-corrected chi connectivity index (χ1v) is 5.32. The third-order valence-corrected chi connectivity index (χ3v) is 3.54. The lowest BCUT2D eigenvalue weighted by molar-refractivity contribution is -0.380. The summed E-state index contributed by atoms with van der Waals surface area (Å²) in [5.74, 6) is 0. The standard InChI is InChI=1S/C8H5BrN2O2S/c9-5-1-4-2-8(11(12)13)14-7(4)3-6(5)10/h1-3H,10H2. The molecule has 0 aliphatic heterocycles. The molecule has 1 aromatic heterocycles. The summed E-state index contributed by atoms with van der Waals surface area (Å²) in [5, 5.41) is 11.5. The maximum absolute atomic E-state index is 10.5. The van der Waals surface area contributed by atoms with Crippen LogP contribution < -0.4 is 5.73 Å². The smallest absolute Gasteiger partial charge is 0.325 e. The molecule has 1 heterocycles. The van der Waals surface area contributed by atoms with Gasteiger partial charge in [0.1, 0.15) is 0 Å². The zero-order valence-electron chi connectivity index (χ0n) is 6.86. The Labute approximate surface area is 91.6 Å². The second-order valence-corrected chi connectivity index (χ2v) is 4.67.